The van der Waals surface area contributed by atoms with Gasteiger partial charge in [0.1, 0.15) is 0 Å². The van der Waals surface area contributed by atoms with Crippen LogP contribution in [0, 0.1) is 0 Å². The zero-order valence-electron chi connectivity index (χ0n) is 10.8. The first-order chi connectivity index (χ1) is 9.25. The first-order valence-corrected chi connectivity index (χ1v) is 7.73. The Morgan fingerprint density at radius 3 is 2.89 bits per heavy atom. The Labute approximate surface area is 123 Å². The molecule has 0 fully saturated rings. The summed E-state index contributed by atoms with van der Waals surface area (Å²) >= 11 is 7.41. The second-order valence-corrected chi connectivity index (χ2v) is 6.10. The molecule has 1 unspecified atom stereocenters. The van der Waals surface area contributed by atoms with E-state index in [2.05, 4.69) is 28.6 Å². The van der Waals surface area contributed by atoms with Crippen molar-refractivity contribution in [2.75, 3.05) is 11.9 Å². The maximum Gasteiger partial charge on any atom is 0.173 e. The van der Waals surface area contributed by atoms with Gasteiger partial charge in [0.25, 0.3) is 0 Å². The average Bonchev–Trinajstić information content (AvgIpc) is 2.89. The summed E-state index contributed by atoms with van der Waals surface area (Å²) in [6.07, 6.45) is 1.09. The summed E-state index contributed by atoms with van der Waals surface area (Å²) in [5.41, 5.74) is 2.48. The van der Waals surface area contributed by atoms with Crippen LogP contribution in [0.2, 0.25) is 0 Å². The summed E-state index contributed by atoms with van der Waals surface area (Å²) in [6, 6.07) is 12.7. The van der Waals surface area contributed by atoms with Crippen LogP contribution in [0.4, 0.5) is 5.69 Å². The van der Waals surface area contributed by atoms with Gasteiger partial charge < -0.3 is 10.2 Å². The number of para-hydroxylation sites is 1. The molecule has 3 rings (SSSR count). The Bertz CT molecular complexity index is 577. The van der Waals surface area contributed by atoms with E-state index in [-0.39, 0.29) is 0 Å². The SMILES string of the molecule is CC1c2ccsc2CCN1C(=S)Nc1ccccc1. The number of benzene rings is 1. The molecule has 19 heavy (non-hydrogen) atoms. The van der Waals surface area contributed by atoms with Crippen molar-refractivity contribution in [2.45, 2.75) is 19.4 Å². The predicted octanol–water partition coefficient (Wildman–Crippen LogP) is 4.06. The molecular weight excluding hydrogens is 272 g/mol. The highest BCUT2D eigenvalue weighted by molar-refractivity contribution is 7.80. The van der Waals surface area contributed by atoms with E-state index in [9.17, 15) is 0 Å². The standard InChI is InChI=1S/C15H16N2S2/c1-11-13-8-10-19-14(13)7-9-17(11)15(18)16-12-5-3-2-4-6-12/h2-6,8,10-11H,7,9H2,1H3,(H,16,18). The summed E-state index contributed by atoms with van der Waals surface area (Å²) in [6.45, 7) is 3.22. The molecule has 2 aromatic rings. The minimum atomic E-state index is 0.360. The molecule has 4 heteroatoms. The second kappa shape index (κ2) is 5.31. The summed E-state index contributed by atoms with van der Waals surface area (Å²) in [5, 5.41) is 6.32. The number of hydrogen-bond donors (Lipinski definition) is 1. The van der Waals surface area contributed by atoms with Gasteiger partial charge in [0.2, 0.25) is 0 Å². The van der Waals surface area contributed by atoms with Gasteiger partial charge in [-0.05, 0) is 54.7 Å². The highest BCUT2D eigenvalue weighted by atomic mass is 32.1. The van der Waals surface area contributed by atoms with Gasteiger partial charge in [0, 0.05) is 17.1 Å². The Hall–Kier alpha value is -1.39. The quantitative estimate of drug-likeness (QED) is 0.797. The maximum absolute atomic E-state index is 5.55. The van der Waals surface area contributed by atoms with Gasteiger partial charge in [-0.2, -0.15) is 0 Å². The third-order valence-corrected chi connectivity index (χ3v) is 4.90. The monoisotopic (exact) mass is 288 g/mol. The molecular formula is C15H16N2S2. The molecule has 0 radical (unpaired) electrons. The Kier molecular flexibility index (Phi) is 3.53. The van der Waals surface area contributed by atoms with E-state index in [1.807, 2.05) is 41.7 Å². The van der Waals surface area contributed by atoms with Crippen molar-refractivity contribution in [1.29, 1.82) is 0 Å². The Morgan fingerprint density at radius 2 is 2.11 bits per heavy atom. The Morgan fingerprint density at radius 1 is 1.32 bits per heavy atom. The molecule has 0 spiro atoms. The molecule has 0 saturated carbocycles. The predicted molar refractivity (Wildman–Crippen MR) is 85.8 cm³/mol. The van der Waals surface area contributed by atoms with E-state index >= 15 is 0 Å². The summed E-state index contributed by atoms with van der Waals surface area (Å²) in [4.78, 5) is 3.78. The molecule has 1 aromatic carbocycles. The molecule has 1 aliphatic heterocycles. The number of thiocarbonyl (C=S) groups is 1. The molecule has 0 bridgehead atoms. The van der Waals surface area contributed by atoms with E-state index in [0.717, 1.165) is 23.8 Å². The van der Waals surface area contributed by atoms with Crippen molar-refractivity contribution < 1.29 is 0 Å². The molecule has 0 amide bonds. The van der Waals surface area contributed by atoms with Crippen LogP contribution in [-0.2, 0) is 6.42 Å². The summed E-state index contributed by atoms with van der Waals surface area (Å²) in [7, 11) is 0. The summed E-state index contributed by atoms with van der Waals surface area (Å²) < 4.78 is 0. The number of nitrogens with one attached hydrogen (secondary N) is 1. The van der Waals surface area contributed by atoms with Gasteiger partial charge >= 0.3 is 0 Å². The van der Waals surface area contributed by atoms with Gasteiger partial charge in [0.05, 0.1) is 6.04 Å². The fourth-order valence-electron chi connectivity index (χ4n) is 2.50. The number of anilines is 1. The normalized spacial score (nSPS) is 17.9. The molecule has 1 aliphatic rings. The lowest BCUT2D eigenvalue weighted by molar-refractivity contribution is 0.326. The molecule has 2 nitrogen and oxygen atoms in total. The molecule has 98 valence electrons. The first-order valence-electron chi connectivity index (χ1n) is 6.44. The fraction of sp³-hybridized carbons (Fsp3) is 0.267. The van der Waals surface area contributed by atoms with E-state index < -0.39 is 0 Å². The maximum atomic E-state index is 5.55. The Balaban J connectivity index is 1.75. The van der Waals surface area contributed by atoms with Gasteiger partial charge in [-0.15, -0.1) is 11.3 Å². The molecule has 0 aliphatic carbocycles. The number of hydrogen-bond acceptors (Lipinski definition) is 2. The first kappa shape index (κ1) is 12.6. The van der Waals surface area contributed by atoms with E-state index in [1.165, 1.54) is 10.4 Å². The van der Waals surface area contributed by atoms with Crippen LogP contribution in [0.5, 0.6) is 0 Å². The van der Waals surface area contributed by atoms with Crippen molar-refractivity contribution in [3.05, 3.63) is 52.2 Å². The zero-order valence-corrected chi connectivity index (χ0v) is 12.4. The molecule has 1 aromatic heterocycles. The minimum Gasteiger partial charge on any atom is -0.342 e. The van der Waals surface area contributed by atoms with Crippen LogP contribution < -0.4 is 5.32 Å². The molecule has 1 atom stereocenters. The van der Waals surface area contributed by atoms with Gasteiger partial charge in [0.15, 0.2) is 5.11 Å². The van der Waals surface area contributed by atoms with Gasteiger partial charge in [-0.25, -0.2) is 0 Å². The van der Waals surface area contributed by atoms with Crippen molar-refractivity contribution in [1.82, 2.24) is 4.90 Å². The van der Waals surface area contributed by atoms with Crippen LogP contribution in [0.3, 0.4) is 0 Å². The lowest BCUT2D eigenvalue weighted by Crippen LogP contribution is -2.40. The number of rotatable bonds is 1. The third-order valence-electron chi connectivity index (χ3n) is 3.56. The second-order valence-electron chi connectivity index (χ2n) is 4.71. The van der Waals surface area contributed by atoms with Crippen LogP contribution >= 0.6 is 23.6 Å². The lowest BCUT2D eigenvalue weighted by atomic mass is 10.0. The van der Waals surface area contributed by atoms with Crippen LogP contribution in [0.15, 0.2) is 41.8 Å². The minimum absolute atomic E-state index is 0.360. The largest absolute Gasteiger partial charge is 0.342 e. The zero-order chi connectivity index (χ0) is 13.2. The van der Waals surface area contributed by atoms with E-state index in [1.54, 1.807) is 0 Å². The van der Waals surface area contributed by atoms with E-state index in [4.69, 9.17) is 12.2 Å². The fourth-order valence-corrected chi connectivity index (χ4v) is 3.83. The van der Waals surface area contributed by atoms with Crippen LogP contribution in [-0.4, -0.2) is 16.6 Å². The van der Waals surface area contributed by atoms with Crippen molar-refractivity contribution in [2.24, 2.45) is 0 Å². The third kappa shape index (κ3) is 2.51. The molecule has 0 saturated heterocycles. The van der Waals surface area contributed by atoms with Crippen molar-refractivity contribution >= 4 is 34.4 Å². The highest BCUT2D eigenvalue weighted by Crippen LogP contribution is 2.33. The molecule has 1 N–H and O–H groups in total. The number of nitrogens with zero attached hydrogens (tertiary/aromatic N) is 1. The average molecular weight is 288 g/mol. The highest BCUT2D eigenvalue weighted by Gasteiger charge is 2.26. The van der Waals surface area contributed by atoms with E-state index in [0.29, 0.717) is 6.04 Å². The smallest absolute Gasteiger partial charge is 0.173 e. The van der Waals surface area contributed by atoms with Crippen molar-refractivity contribution in [3.63, 3.8) is 0 Å². The summed E-state index contributed by atoms with van der Waals surface area (Å²) in [5.74, 6) is 0. The topological polar surface area (TPSA) is 15.3 Å². The number of fused-ring (bicyclic) bond motifs is 1. The van der Waals surface area contributed by atoms with Gasteiger partial charge in [-0.3, -0.25) is 0 Å². The van der Waals surface area contributed by atoms with Gasteiger partial charge in [-0.1, -0.05) is 18.2 Å². The van der Waals surface area contributed by atoms with Crippen molar-refractivity contribution in [3.8, 4) is 0 Å². The van der Waals surface area contributed by atoms with Crippen LogP contribution in [0.25, 0.3) is 0 Å². The van der Waals surface area contributed by atoms with Crippen LogP contribution in [0.1, 0.15) is 23.4 Å². The molecule has 2 heterocycles. The number of thiophene rings is 1. The lowest BCUT2D eigenvalue weighted by Gasteiger charge is -2.35.